The number of hydrogen-bond donors (Lipinski definition) is 3. The average molecular weight is 284 g/mol. The van der Waals surface area contributed by atoms with Gasteiger partial charge in [-0.15, -0.1) is 0 Å². The van der Waals surface area contributed by atoms with E-state index in [1.54, 1.807) is 0 Å². The van der Waals surface area contributed by atoms with Gasteiger partial charge < -0.3 is 5.21 Å². The summed E-state index contributed by atoms with van der Waals surface area (Å²) in [4.78, 5) is 39.0. The molecule has 1 fully saturated rings. The largest absolute Gasteiger partial charge is 0.333 e. The van der Waals surface area contributed by atoms with Crippen LogP contribution in [0.4, 0.5) is 0 Å². The second-order valence-electron chi connectivity index (χ2n) is 6.56. The predicted octanol–water partition coefficient (Wildman–Crippen LogP) is -0.192. The smallest absolute Gasteiger partial charge is 0.313 e. The van der Waals surface area contributed by atoms with Gasteiger partial charge in [0.05, 0.1) is 0 Å². The van der Waals surface area contributed by atoms with Gasteiger partial charge >= 0.3 is 17.1 Å². The molecule has 0 bridgehead atoms. The Morgan fingerprint density at radius 3 is 1.80 bits per heavy atom. The summed E-state index contributed by atoms with van der Waals surface area (Å²) < 4.78 is 1.03. The van der Waals surface area contributed by atoms with Crippen molar-refractivity contribution >= 4 is 0 Å². The third kappa shape index (κ3) is 2.36. The summed E-state index contributed by atoms with van der Waals surface area (Å²) in [6, 6.07) is -0.392. The summed E-state index contributed by atoms with van der Waals surface area (Å²) in [5, 5.41) is 11.5. The van der Waals surface area contributed by atoms with E-state index in [4.69, 9.17) is 0 Å². The number of aromatic nitrogens is 3. The fourth-order valence-electron chi connectivity index (χ4n) is 3.17. The number of piperidine rings is 1. The molecule has 0 atom stereocenters. The Bertz CT molecular complexity index is 629. The third-order valence-corrected chi connectivity index (χ3v) is 3.86. The van der Waals surface area contributed by atoms with E-state index < -0.39 is 34.2 Å². The molecule has 1 saturated heterocycles. The van der Waals surface area contributed by atoms with Crippen molar-refractivity contribution in [2.45, 2.75) is 57.7 Å². The summed E-state index contributed by atoms with van der Waals surface area (Å²) in [5.41, 5.74) is -3.43. The van der Waals surface area contributed by atoms with Crippen molar-refractivity contribution in [1.29, 1.82) is 0 Å². The summed E-state index contributed by atoms with van der Waals surface area (Å²) >= 11 is 0. The van der Waals surface area contributed by atoms with Gasteiger partial charge in [-0.2, -0.15) is 5.06 Å². The molecule has 0 radical (unpaired) electrons. The van der Waals surface area contributed by atoms with Crippen LogP contribution in [0.15, 0.2) is 14.4 Å². The molecular weight excluding hydrogens is 264 g/mol. The maximum atomic E-state index is 11.9. The molecule has 3 N–H and O–H groups in total. The molecule has 1 aromatic rings. The molecular formula is C12H20N4O4. The molecule has 0 spiro atoms. The van der Waals surface area contributed by atoms with Crippen LogP contribution < -0.4 is 17.1 Å². The maximum absolute atomic E-state index is 11.9. The molecule has 20 heavy (non-hydrogen) atoms. The minimum Gasteiger partial charge on any atom is -0.313 e. The lowest BCUT2D eigenvalue weighted by molar-refractivity contribution is -0.249. The lowest BCUT2D eigenvalue weighted by atomic mass is 9.79. The van der Waals surface area contributed by atoms with E-state index in [0.29, 0.717) is 12.8 Å². The zero-order valence-corrected chi connectivity index (χ0v) is 12.1. The second kappa shape index (κ2) is 4.42. The zero-order valence-electron chi connectivity index (χ0n) is 12.1. The van der Waals surface area contributed by atoms with Crippen LogP contribution in [0.2, 0.25) is 0 Å². The normalized spacial score (nSPS) is 22.9. The van der Waals surface area contributed by atoms with Gasteiger partial charge in [0.25, 0.3) is 0 Å². The van der Waals surface area contributed by atoms with E-state index in [2.05, 4.69) is 9.97 Å². The number of aromatic amines is 2. The monoisotopic (exact) mass is 284 g/mol. The first-order valence-electron chi connectivity index (χ1n) is 6.49. The van der Waals surface area contributed by atoms with Gasteiger partial charge in [0, 0.05) is 17.1 Å². The van der Waals surface area contributed by atoms with Crippen LogP contribution in [-0.2, 0) is 0 Å². The highest BCUT2D eigenvalue weighted by molar-refractivity contribution is 4.98. The number of hydrogen-bond acceptors (Lipinski definition) is 5. The zero-order chi connectivity index (χ0) is 15.3. The van der Waals surface area contributed by atoms with Gasteiger partial charge in [-0.3, -0.25) is 9.97 Å². The molecule has 2 heterocycles. The van der Waals surface area contributed by atoms with Crippen molar-refractivity contribution in [3.05, 3.63) is 31.5 Å². The average Bonchev–Trinajstić information content (AvgIpc) is 2.23. The summed E-state index contributed by atoms with van der Waals surface area (Å²) in [6.07, 6.45) is 0.837. The number of nitrogens with zero attached hydrogens (tertiary/aromatic N) is 2. The third-order valence-electron chi connectivity index (χ3n) is 3.86. The lowest BCUT2D eigenvalue weighted by Gasteiger charge is -2.51. The van der Waals surface area contributed by atoms with E-state index in [0.717, 1.165) is 4.57 Å². The molecule has 0 aromatic carbocycles. The molecule has 0 aliphatic carbocycles. The van der Waals surface area contributed by atoms with E-state index in [9.17, 15) is 19.6 Å². The minimum atomic E-state index is -0.811. The first-order valence-corrected chi connectivity index (χ1v) is 6.49. The van der Waals surface area contributed by atoms with Crippen LogP contribution >= 0.6 is 0 Å². The summed E-state index contributed by atoms with van der Waals surface area (Å²) in [5.74, 6) is 0. The number of nitrogens with one attached hydrogen (secondary N) is 2. The molecule has 1 aliphatic heterocycles. The highest BCUT2D eigenvalue weighted by atomic mass is 16.5. The Morgan fingerprint density at radius 2 is 1.40 bits per heavy atom. The molecule has 0 saturated carbocycles. The van der Waals surface area contributed by atoms with Crippen molar-refractivity contribution in [1.82, 2.24) is 19.6 Å². The van der Waals surface area contributed by atoms with Crippen LogP contribution in [0.3, 0.4) is 0 Å². The number of hydroxylamine groups is 2. The molecule has 0 unspecified atom stereocenters. The fourth-order valence-corrected chi connectivity index (χ4v) is 3.17. The molecule has 1 aromatic heterocycles. The minimum absolute atomic E-state index is 0.392. The fraction of sp³-hybridized carbons (Fsp3) is 0.750. The van der Waals surface area contributed by atoms with Crippen LogP contribution in [0.25, 0.3) is 0 Å². The Kier molecular flexibility index (Phi) is 3.26. The highest BCUT2D eigenvalue weighted by Crippen LogP contribution is 2.41. The van der Waals surface area contributed by atoms with Gasteiger partial charge in [0.2, 0.25) is 0 Å². The maximum Gasteiger partial charge on any atom is 0.333 e. The topological polar surface area (TPSA) is 111 Å². The van der Waals surface area contributed by atoms with Crippen LogP contribution in [0, 0.1) is 0 Å². The molecule has 2 rings (SSSR count). The Labute approximate surface area is 115 Å². The van der Waals surface area contributed by atoms with Gasteiger partial charge in [0.15, 0.2) is 0 Å². The first-order chi connectivity index (χ1) is 9.04. The Balaban J connectivity index is 2.53. The van der Waals surface area contributed by atoms with Gasteiger partial charge in [-0.25, -0.2) is 19.0 Å². The van der Waals surface area contributed by atoms with Crippen molar-refractivity contribution in [2.75, 3.05) is 0 Å². The molecule has 112 valence electrons. The van der Waals surface area contributed by atoms with E-state index in [-0.39, 0.29) is 0 Å². The molecule has 0 amide bonds. The van der Waals surface area contributed by atoms with Crippen molar-refractivity contribution in [2.24, 2.45) is 0 Å². The SMILES string of the molecule is CC1(C)CC(n2c(=O)[nH]c(=O)[nH]c2=O)CC(C)(C)N1O. The van der Waals surface area contributed by atoms with Crippen LogP contribution in [0.5, 0.6) is 0 Å². The Morgan fingerprint density at radius 1 is 1.00 bits per heavy atom. The van der Waals surface area contributed by atoms with Crippen molar-refractivity contribution in [3.8, 4) is 0 Å². The second-order valence-corrected chi connectivity index (χ2v) is 6.56. The Hall–Kier alpha value is -1.67. The predicted molar refractivity (Wildman–Crippen MR) is 72.0 cm³/mol. The lowest BCUT2D eigenvalue weighted by Crippen LogP contribution is -2.61. The number of rotatable bonds is 1. The van der Waals surface area contributed by atoms with Gasteiger partial charge in [0.1, 0.15) is 0 Å². The van der Waals surface area contributed by atoms with Crippen molar-refractivity contribution < 1.29 is 5.21 Å². The van der Waals surface area contributed by atoms with Crippen LogP contribution in [0.1, 0.15) is 46.6 Å². The van der Waals surface area contributed by atoms with E-state index in [1.165, 1.54) is 5.06 Å². The molecule has 1 aliphatic rings. The number of H-pyrrole nitrogens is 2. The standard InChI is InChI=1S/C12H20N4O4/c1-11(2)5-7(6-12(3,4)16(11)20)15-9(18)13-8(17)14-10(15)19/h7,20H,5-6H2,1-4H3,(H2,13,14,17,18,19). The van der Waals surface area contributed by atoms with Crippen molar-refractivity contribution in [3.63, 3.8) is 0 Å². The molecule has 8 nitrogen and oxygen atoms in total. The molecule has 8 heteroatoms. The van der Waals surface area contributed by atoms with Crippen LogP contribution in [-0.4, -0.2) is 35.9 Å². The highest BCUT2D eigenvalue weighted by Gasteiger charge is 2.46. The van der Waals surface area contributed by atoms with Gasteiger partial charge in [-0.05, 0) is 40.5 Å². The quantitative estimate of drug-likeness (QED) is 0.662. The summed E-state index contributed by atoms with van der Waals surface area (Å²) in [6.45, 7) is 7.36. The van der Waals surface area contributed by atoms with E-state index >= 15 is 0 Å². The summed E-state index contributed by atoms with van der Waals surface area (Å²) in [7, 11) is 0. The van der Waals surface area contributed by atoms with Gasteiger partial charge in [-0.1, -0.05) is 0 Å². The first kappa shape index (κ1) is 14.7. The van der Waals surface area contributed by atoms with E-state index in [1.807, 2.05) is 27.7 Å².